The van der Waals surface area contributed by atoms with Gasteiger partial charge in [0.2, 0.25) is 5.69 Å². The van der Waals surface area contributed by atoms with Crippen LogP contribution in [0.4, 0.5) is 0 Å². The third kappa shape index (κ3) is 5.45. The zero-order valence-electron chi connectivity index (χ0n) is 16.4. The van der Waals surface area contributed by atoms with E-state index in [1.807, 2.05) is 12.1 Å². The van der Waals surface area contributed by atoms with Gasteiger partial charge in [-0.2, -0.15) is 0 Å². The summed E-state index contributed by atoms with van der Waals surface area (Å²) in [4.78, 5) is 13.2. The van der Waals surface area contributed by atoms with Gasteiger partial charge in [-0.15, -0.1) is 0 Å². The van der Waals surface area contributed by atoms with Crippen molar-refractivity contribution < 1.29 is 19.4 Å². The summed E-state index contributed by atoms with van der Waals surface area (Å²) in [7, 11) is 4.12. The molecular weight excluding hydrogens is 360 g/mol. The van der Waals surface area contributed by atoms with Crippen LogP contribution in [-0.4, -0.2) is 64.7 Å². The predicted molar refractivity (Wildman–Crippen MR) is 104 cm³/mol. The van der Waals surface area contributed by atoms with Crippen molar-refractivity contribution in [3.05, 3.63) is 35.5 Å². The molecule has 0 saturated heterocycles. The monoisotopic (exact) mass is 388 g/mol. The molecule has 2 N–H and O–H groups in total. The van der Waals surface area contributed by atoms with E-state index in [0.29, 0.717) is 5.92 Å². The molecule has 1 aliphatic rings. The molecule has 3 rings (SSSR count). The summed E-state index contributed by atoms with van der Waals surface area (Å²) in [6, 6.07) is 8.38. The summed E-state index contributed by atoms with van der Waals surface area (Å²) in [6.45, 7) is 1.74. The number of H-pyrrole nitrogens is 1. The maximum atomic E-state index is 11.1. The van der Waals surface area contributed by atoms with Crippen molar-refractivity contribution in [1.29, 1.82) is 0 Å². The number of aromatic nitrogens is 3. The second-order valence-electron chi connectivity index (χ2n) is 7.46. The Bertz CT molecular complexity index is 752. The molecule has 1 aliphatic carbocycles. The number of aromatic carboxylic acids is 1. The minimum absolute atomic E-state index is 0.0289. The molecule has 1 saturated carbocycles. The normalized spacial score (nSPS) is 19.5. The number of carboxylic acid groups (broad SMARTS) is 1. The fourth-order valence-corrected chi connectivity index (χ4v) is 3.52. The van der Waals surface area contributed by atoms with Crippen molar-refractivity contribution in [3.8, 4) is 11.6 Å². The van der Waals surface area contributed by atoms with Gasteiger partial charge < -0.3 is 19.5 Å². The minimum Gasteiger partial charge on any atom is -0.494 e. The molecule has 8 nitrogen and oxygen atoms in total. The predicted octanol–water partition coefficient (Wildman–Crippen LogP) is 2.94. The molecule has 8 heteroatoms. The summed E-state index contributed by atoms with van der Waals surface area (Å²) in [5, 5.41) is 18.7. The highest BCUT2D eigenvalue weighted by Gasteiger charge is 2.26. The Morgan fingerprint density at radius 1 is 1.21 bits per heavy atom. The van der Waals surface area contributed by atoms with Crippen LogP contribution >= 0.6 is 0 Å². The largest absolute Gasteiger partial charge is 0.494 e. The molecule has 1 aromatic heterocycles. The summed E-state index contributed by atoms with van der Waals surface area (Å²) >= 11 is 0. The molecule has 1 aromatic carbocycles. The van der Waals surface area contributed by atoms with Gasteiger partial charge in [0.15, 0.2) is 0 Å². The van der Waals surface area contributed by atoms with Gasteiger partial charge in [-0.3, -0.25) is 0 Å². The third-order valence-electron chi connectivity index (χ3n) is 5.05. The zero-order chi connectivity index (χ0) is 19.9. The van der Waals surface area contributed by atoms with Gasteiger partial charge in [-0.25, -0.2) is 9.89 Å². The van der Waals surface area contributed by atoms with E-state index >= 15 is 0 Å². The van der Waals surface area contributed by atoms with Crippen molar-refractivity contribution >= 4 is 5.97 Å². The summed E-state index contributed by atoms with van der Waals surface area (Å²) in [5.74, 6) is 0.357. The SMILES string of the molecule is CN(C)CCCOc1ccc(C2CCC(Oc3nn[nH]c3C(=O)O)CC2)cc1. The topological polar surface area (TPSA) is 101 Å². The smallest absolute Gasteiger partial charge is 0.359 e. The fourth-order valence-electron chi connectivity index (χ4n) is 3.52. The van der Waals surface area contributed by atoms with E-state index < -0.39 is 5.97 Å². The van der Waals surface area contributed by atoms with Gasteiger partial charge in [0.05, 0.1) is 6.61 Å². The average molecular weight is 388 g/mol. The highest BCUT2D eigenvalue weighted by Crippen LogP contribution is 2.35. The Labute approximate surface area is 164 Å². The lowest BCUT2D eigenvalue weighted by atomic mass is 9.83. The molecule has 152 valence electrons. The maximum Gasteiger partial charge on any atom is 0.359 e. The molecule has 0 atom stereocenters. The number of hydrogen-bond acceptors (Lipinski definition) is 6. The number of ether oxygens (including phenoxy) is 2. The van der Waals surface area contributed by atoms with Crippen LogP contribution in [0, 0.1) is 0 Å². The minimum atomic E-state index is -1.11. The Morgan fingerprint density at radius 2 is 1.93 bits per heavy atom. The Balaban J connectivity index is 1.45. The van der Waals surface area contributed by atoms with Crippen molar-refractivity contribution in [2.45, 2.75) is 44.1 Å². The molecule has 0 spiro atoms. The number of benzene rings is 1. The lowest BCUT2D eigenvalue weighted by molar-refractivity contribution is 0.0678. The van der Waals surface area contributed by atoms with Crippen LogP contribution in [0.25, 0.3) is 0 Å². The lowest BCUT2D eigenvalue weighted by Gasteiger charge is -2.28. The van der Waals surface area contributed by atoms with E-state index in [1.54, 1.807) is 0 Å². The molecule has 0 amide bonds. The van der Waals surface area contributed by atoms with Crippen LogP contribution in [0.1, 0.15) is 54.1 Å². The summed E-state index contributed by atoms with van der Waals surface area (Å²) in [6.07, 6.45) is 4.69. The quantitative estimate of drug-likeness (QED) is 0.637. The van der Waals surface area contributed by atoms with Crippen molar-refractivity contribution in [3.63, 3.8) is 0 Å². The number of aromatic amines is 1. The van der Waals surface area contributed by atoms with Gasteiger partial charge in [0.1, 0.15) is 11.9 Å². The van der Waals surface area contributed by atoms with Crippen LogP contribution < -0.4 is 9.47 Å². The van der Waals surface area contributed by atoms with Crippen LogP contribution in [0.15, 0.2) is 24.3 Å². The Kier molecular flexibility index (Phi) is 6.86. The second kappa shape index (κ2) is 9.54. The number of carbonyl (C=O) groups is 1. The van der Waals surface area contributed by atoms with Crippen molar-refractivity contribution in [2.24, 2.45) is 0 Å². The van der Waals surface area contributed by atoms with Crippen LogP contribution in [0.5, 0.6) is 11.6 Å². The second-order valence-corrected chi connectivity index (χ2v) is 7.46. The highest BCUT2D eigenvalue weighted by atomic mass is 16.5. The summed E-state index contributed by atoms with van der Waals surface area (Å²) < 4.78 is 11.5. The molecule has 0 aliphatic heterocycles. The number of rotatable bonds is 9. The van der Waals surface area contributed by atoms with Crippen LogP contribution in [0.2, 0.25) is 0 Å². The Morgan fingerprint density at radius 3 is 2.57 bits per heavy atom. The van der Waals surface area contributed by atoms with Crippen molar-refractivity contribution in [1.82, 2.24) is 20.3 Å². The first-order chi connectivity index (χ1) is 13.5. The molecule has 0 bridgehead atoms. The Hall–Kier alpha value is -2.61. The first-order valence-corrected chi connectivity index (χ1v) is 9.71. The average Bonchev–Trinajstić information content (AvgIpc) is 3.15. The van der Waals surface area contributed by atoms with Gasteiger partial charge >= 0.3 is 5.97 Å². The number of nitrogens with zero attached hydrogens (tertiary/aromatic N) is 3. The van der Waals surface area contributed by atoms with Gasteiger partial charge in [0.25, 0.3) is 5.88 Å². The van der Waals surface area contributed by atoms with Crippen LogP contribution in [-0.2, 0) is 0 Å². The molecule has 0 radical (unpaired) electrons. The molecule has 2 aromatic rings. The van der Waals surface area contributed by atoms with Gasteiger partial charge in [0, 0.05) is 6.54 Å². The van der Waals surface area contributed by atoms with Crippen LogP contribution in [0.3, 0.4) is 0 Å². The van der Waals surface area contributed by atoms with Gasteiger partial charge in [-0.05, 0) is 69.8 Å². The molecule has 1 fully saturated rings. The first-order valence-electron chi connectivity index (χ1n) is 9.71. The van der Waals surface area contributed by atoms with E-state index in [9.17, 15) is 4.79 Å². The fraction of sp³-hybridized carbons (Fsp3) is 0.550. The number of hydrogen-bond donors (Lipinski definition) is 2. The van der Waals surface area contributed by atoms with Crippen molar-refractivity contribution in [2.75, 3.05) is 27.2 Å². The molecule has 0 unspecified atom stereocenters. The standard InChI is InChI=1S/C20H28N4O4/c1-24(2)12-3-13-27-16-8-4-14(5-9-16)15-6-10-17(11-7-15)28-19-18(20(25)26)21-23-22-19/h4-5,8-9,15,17H,3,6-7,10-13H2,1-2H3,(H,25,26)(H,21,22,23). The lowest BCUT2D eigenvalue weighted by Crippen LogP contribution is -2.24. The number of nitrogens with one attached hydrogen (secondary N) is 1. The molecule has 1 heterocycles. The third-order valence-corrected chi connectivity index (χ3v) is 5.05. The van der Waals surface area contributed by atoms with E-state index in [1.165, 1.54) is 5.56 Å². The first kappa shape index (κ1) is 20.1. The van der Waals surface area contributed by atoms with E-state index in [0.717, 1.165) is 51.0 Å². The summed E-state index contributed by atoms with van der Waals surface area (Å²) in [5.41, 5.74) is 1.22. The number of carboxylic acids is 1. The molecule has 28 heavy (non-hydrogen) atoms. The maximum absolute atomic E-state index is 11.1. The van der Waals surface area contributed by atoms with Gasteiger partial charge in [-0.1, -0.05) is 22.4 Å². The zero-order valence-corrected chi connectivity index (χ0v) is 16.4. The van der Waals surface area contributed by atoms with E-state index in [4.69, 9.17) is 14.6 Å². The highest BCUT2D eigenvalue weighted by molar-refractivity contribution is 5.87. The van der Waals surface area contributed by atoms with E-state index in [2.05, 4.69) is 46.5 Å². The molecular formula is C20H28N4O4. The van der Waals surface area contributed by atoms with E-state index in [-0.39, 0.29) is 17.7 Å².